The van der Waals surface area contributed by atoms with Crippen LogP contribution in [0.5, 0.6) is 0 Å². The number of nitrogens with two attached hydrogens (primary N) is 1. The molecule has 2 heterocycles. The van der Waals surface area contributed by atoms with Gasteiger partial charge in [0.05, 0.1) is 7.11 Å². The van der Waals surface area contributed by atoms with Crippen LogP contribution in [0.3, 0.4) is 0 Å². The van der Waals surface area contributed by atoms with Crippen LogP contribution in [0.15, 0.2) is 42.6 Å². The van der Waals surface area contributed by atoms with E-state index in [2.05, 4.69) is 9.88 Å². The first-order chi connectivity index (χ1) is 15.0. The molecule has 1 aliphatic heterocycles. The number of aromatic nitrogens is 1. The van der Waals surface area contributed by atoms with E-state index in [1.165, 1.54) is 7.11 Å². The molecule has 0 fully saturated rings. The normalized spacial score (nSPS) is 19.7. The van der Waals surface area contributed by atoms with E-state index in [0.717, 1.165) is 29.3 Å². The molecule has 7 nitrogen and oxygen atoms in total. The summed E-state index contributed by atoms with van der Waals surface area (Å²) in [6, 6.07) is 7.23. The molecule has 174 valence electrons. The van der Waals surface area contributed by atoms with Crippen LogP contribution in [0.4, 0.5) is 0 Å². The number of esters is 1. The third-order valence-electron chi connectivity index (χ3n) is 5.75. The van der Waals surface area contributed by atoms with Gasteiger partial charge in [0.2, 0.25) is 5.91 Å². The third-order valence-corrected chi connectivity index (χ3v) is 5.75. The molecule has 0 saturated heterocycles. The smallest absolute Gasteiger partial charge is 0.328 e. The SMILES string of the molecule is COC(=O)[C@H]1CC=CCn2cc(c3ccccc32)CC(=O)C[C@@H](CCCCN)C(=O)N1.Cl. The number of nitrogens with zero attached hydrogens (tertiary/aromatic N) is 1. The maximum absolute atomic E-state index is 13.0. The Labute approximate surface area is 194 Å². The lowest BCUT2D eigenvalue weighted by Crippen LogP contribution is -2.44. The number of Topliss-reactive ketones (excluding diaryl/α,β-unsaturated/α-hetero) is 1. The minimum Gasteiger partial charge on any atom is -0.467 e. The summed E-state index contributed by atoms with van der Waals surface area (Å²) in [5, 5.41) is 3.85. The van der Waals surface area contributed by atoms with E-state index in [1.54, 1.807) is 0 Å². The van der Waals surface area contributed by atoms with Crippen LogP contribution in [-0.2, 0) is 32.1 Å². The Kier molecular flexibility index (Phi) is 9.94. The average molecular weight is 462 g/mol. The van der Waals surface area contributed by atoms with Crippen molar-refractivity contribution in [2.75, 3.05) is 13.7 Å². The molecule has 1 aliphatic rings. The van der Waals surface area contributed by atoms with Gasteiger partial charge in [0.15, 0.2) is 0 Å². The predicted molar refractivity (Wildman–Crippen MR) is 127 cm³/mol. The minimum atomic E-state index is -0.777. The number of ketones is 1. The lowest BCUT2D eigenvalue weighted by molar-refractivity contribution is -0.145. The summed E-state index contributed by atoms with van der Waals surface area (Å²) in [5.41, 5.74) is 7.63. The molecule has 3 N–H and O–H groups in total. The van der Waals surface area contributed by atoms with Crippen LogP contribution in [0.1, 0.15) is 37.7 Å². The van der Waals surface area contributed by atoms with Gasteiger partial charge in [0, 0.05) is 42.4 Å². The quantitative estimate of drug-likeness (QED) is 0.405. The topological polar surface area (TPSA) is 103 Å². The molecule has 0 aliphatic carbocycles. The second kappa shape index (κ2) is 12.4. The number of ether oxygens (including phenoxy) is 1. The van der Waals surface area contributed by atoms with Gasteiger partial charge in [-0.05, 0) is 37.4 Å². The Morgan fingerprint density at radius 1 is 1.22 bits per heavy atom. The number of hydrogen-bond acceptors (Lipinski definition) is 5. The number of rotatable bonds is 5. The number of carbonyl (C=O) groups excluding carboxylic acids is 3. The van der Waals surface area contributed by atoms with E-state index in [0.29, 0.717) is 25.9 Å². The first-order valence-corrected chi connectivity index (χ1v) is 10.8. The van der Waals surface area contributed by atoms with Gasteiger partial charge in [-0.3, -0.25) is 9.59 Å². The van der Waals surface area contributed by atoms with Crippen molar-refractivity contribution < 1.29 is 19.1 Å². The van der Waals surface area contributed by atoms with Crippen LogP contribution in [0, 0.1) is 5.92 Å². The van der Waals surface area contributed by atoms with E-state index < -0.39 is 17.9 Å². The second-order valence-corrected chi connectivity index (χ2v) is 8.02. The molecule has 2 bridgehead atoms. The number of benzene rings is 1. The summed E-state index contributed by atoms with van der Waals surface area (Å²) in [6.07, 6.45) is 8.70. The second-order valence-electron chi connectivity index (χ2n) is 8.02. The number of nitrogens with one attached hydrogen (secondary N) is 1. The lowest BCUT2D eigenvalue weighted by atomic mass is 9.92. The van der Waals surface area contributed by atoms with Gasteiger partial charge < -0.3 is 20.4 Å². The zero-order valence-corrected chi connectivity index (χ0v) is 19.2. The molecule has 8 heteroatoms. The van der Waals surface area contributed by atoms with Crippen molar-refractivity contribution in [1.82, 2.24) is 9.88 Å². The minimum absolute atomic E-state index is 0. The van der Waals surface area contributed by atoms with Crippen molar-refractivity contribution in [1.29, 1.82) is 0 Å². The Bertz CT molecular complexity index is 969. The Hall–Kier alpha value is -2.64. The highest BCUT2D eigenvalue weighted by Gasteiger charge is 2.27. The maximum Gasteiger partial charge on any atom is 0.328 e. The highest BCUT2D eigenvalue weighted by Crippen LogP contribution is 2.24. The third kappa shape index (κ3) is 6.43. The number of allylic oxidation sites excluding steroid dienone is 1. The van der Waals surface area contributed by atoms with E-state index in [4.69, 9.17) is 10.5 Å². The molecular formula is C24H32ClN3O4. The van der Waals surface area contributed by atoms with Crippen LogP contribution in [0.25, 0.3) is 10.9 Å². The van der Waals surface area contributed by atoms with E-state index >= 15 is 0 Å². The summed E-state index contributed by atoms with van der Waals surface area (Å²) in [4.78, 5) is 38.1. The summed E-state index contributed by atoms with van der Waals surface area (Å²) in [5.74, 6) is -1.26. The number of methoxy groups -OCH3 is 1. The number of unbranched alkanes of at least 4 members (excludes halogenated alkanes) is 1. The fourth-order valence-electron chi connectivity index (χ4n) is 4.10. The van der Waals surface area contributed by atoms with Crippen molar-refractivity contribution in [2.45, 2.75) is 51.1 Å². The fourth-order valence-corrected chi connectivity index (χ4v) is 4.10. The number of para-hydroxylation sites is 1. The summed E-state index contributed by atoms with van der Waals surface area (Å²) in [7, 11) is 1.30. The highest BCUT2D eigenvalue weighted by atomic mass is 35.5. The van der Waals surface area contributed by atoms with E-state index in [9.17, 15) is 14.4 Å². The molecule has 2 atom stereocenters. The van der Waals surface area contributed by atoms with Gasteiger partial charge in [0.25, 0.3) is 0 Å². The summed E-state index contributed by atoms with van der Waals surface area (Å²) >= 11 is 0. The van der Waals surface area contributed by atoms with Crippen molar-refractivity contribution in [3.8, 4) is 0 Å². The maximum atomic E-state index is 13.0. The zero-order valence-electron chi connectivity index (χ0n) is 18.4. The standard InChI is InChI=1S/C24H31N3O4.ClH/c1-31-24(30)21-10-5-7-13-27-16-18(20-9-2-3-11-22(20)27)15-19(28)14-17(23(29)26-21)8-4-6-12-25;/h2-3,5,7,9,11,16-17,21H,4,6,8,10,12-15,25H2,1H3,(H,26,29);1H/t17-,21-;/m1./s1. The molecule has 1 amide bonds. The van der Waals surface area contributed by atoms with Crippen molar-refractivity contribution in [2.24, 2.45) is 11.7 Å². The van der Waals surface area contributed by atoms with E-state index in [-0.39, 0.29) is 36.9 Å². The van der Waals surface area contributed by atoms with Gasteiger partial charge in [-0.25, -0.2) is 4.79 Å². The first kappa shape index (κ1) is 25.6. The van der Waals surface area contributed by atoms with Gasteiger partial charge in [-0.2, -0.15) is 0 Å². The van der Waals surface area contributed by atoms with Gasteiger partial charge >= 0.3 is 5.97 Å². The van der Waals surface area contributed by atoms with Gasteiger partial charge in [-0.1, -0.05) is 36.8 Å². The van der Waals surface area contributed by atoms with Crippen LogP contribution in [0.2, 0.25) is 0 Å². The molecule has 32 heavy (non-hydrogen) atoms. The Balaban J connectivity index is 0.00000363. The van der Waals surface area contributed by atoms with Crippen LogP contribution in [-0.4, -0.2) is 41.9 Å². The molecule has 0 radical (unpaired) electrons. The number of hydrogen-bond donors (Lipinski definition) is 2. The zero-order chi connectivity index (χ0) is 22.2. The molecule has 0 unspecified atom stereocenters. The largest absolute Gasteiger partial charge is 0.467 e. The molecule has 0 spiro atoms. The average Bonchev–Trinajstić information content (AvgIpc) is 3.11. The van der Waals surface area contributed by atoms with E-state index in [1.807, 2.05) is 42.6 Å². The fraction of sp³-hybridized carbons (Fsp3) is 0.458. The molecule has 1 aromatic carbocycles. The van der Waals surface area contributed by atoms with Crippen LogP contribution >= 0.6 is 12.4 Å². The van der Waals surface area contributed by atoms with Crippen LogP contribution < -0.4 is 11.1 Å². The molecule has 2 aromatic rings. The molecule has 1 aromatic heterocycles. The van der Waals surface area contributed by atoms with Crippen molar-refractivity contribution in [3.63, 3.8) is 0 Å². The van der Waals surface area contributed by atoms with Gasteiger partial charge in [-0.15, -0.1) is 12.4 Å². The number of carbonyl (C=O) groups is 3. The Morgan fingerprint density at radius 3 is 2.75 bits per heavy atom. The van der Waals surface area contributed by atoms with Crippen molar-refractivity contribution in [3.05, 3.63) is 48.2 Å². The lowest BCUT2D eigenvalue weighted by Gasteiger charge is -2.20. The molecular weight excluding hydrogens is 430 g/mol. The number of halogens is 1. The number of fused-ring (bicyclic) bond motifs is 5. The Morgan fingerprint density at radius 2 is 2.00 bits per heavy atom. The highest BCUT2D eigenvalue weighted by molar-refractivity contribution is 5.93. The summed E-state index contributed by atoms with van der Waals surface area (Å²) in [6.45, 7) is 1.15. The monoisotopic (exact) mass is 461 g/mol. The number of amides is 1. The van der Waals surface area contributed by atoms with Gasteiger partial charge in [0.1, 0.15) is 11.8 Å². The predicted octanol–water partition coefficient (Wildman–Crippen LogP) is 2.93. The van der Waals surface area contributed by atoms with Crippen molar-refractivity contribution >= 4 is 41.0 Å². The summed E-state index contributed by atoms with van der Waals surface area (Å²) < 4.78 is 6.97. The first-order valence-electron chi connectivity index (χ1n) is 10.8. The molecule has 3 rings (SSSR count). The molecule has 0 saturated carbocycles.